The Morgan fingerprint density at radius 2 is 2.07 bits per heavy atom. The topological polar surface area (TPSA) is 75.0 Å². The van der Waals surface area contributed by atoms with Crippen LogP contribution >= 0.6 is 26.6 Å². The Bertz CT molecular complexity index is 562. The van der Waals surface area contributed by atoms with Crippen molar-refractivity contribution in [2.75, 3.05) is 0 Å². The summed E-state index contributed by atoms with van der Waals surface area (Å²) in [5, 5.41) is 8.70. The molecule has 1 aromatic rings. The molecule has 0 unspecified atom stereocenters. The molecular formula is C8H3BrClNO3S. The molecule has 1 rings (SSSR count). The summed E-state index contributed by atoms with van der Waals surface area (Å²) in [6.45, 7) is 0. The van der Waals surface area contributed by atoms with Crippen molar-refractivity contribution >= 4 is 41.9 Å². The summed E-state index contributed by atoms with van der Waals surface area (Å²) >= 11 is 2.99. The van der Waals surface area contributed by atoms with Gasteiger partial charge in [-0.05, 0) is 28.1 Å². The third-order valence-electron chi connectivity index (χ3n) is 1.62. The second-order valence-corrected chi connectivity index (χ2v) is 5.95. The average molecular weight is 309 g/mol. The van der Waals surface area contributed by atoms with Crippen LogP contribution in [-0.4, -0.2) is 14.7 Å². The lowest BCUT2D eigenvalue weighted by Crippen LogP contribution is -1.96. The van der Waals surface area contributed by atoms with E-state index in [2.05, 4.69) is 15.9 Å². The number of halogens is 2. The molecule has 0 amide bonds. The van der Waals surface area contributed by atoms with Crippen LogP contribution in [-0.2, 0) is 9.05 Å². The lowest BCUT2D eigenvalue weighted by atomic mass is 10.1. The summed E-state index contributed by atoms with van der Waals surface area (Å²) < 4.78 is 22.2. The van der Waals surface area contributed by atoms with E-state index >= 15 is 0 Å². The summed E-state index contributed by atoms with van der Waals surface area (Å²) in [5.74, 6) is 0. The van der Waals surface area contributed by atoms with Gasteiger partial charge >= 0.3 is 0 Å². The fourth-order valence-corrected chi connectivity index (χ4v) is 2.44. The predicted octanol–water partition coefficient (Wildman–Crippen LogP) is 2.06. The third kappa shape index (κ3) is 2.56. The lowest BCUT2D eigenvalue weighted by molar-refractivity contribution is 0.112. The first-order valence-corrected chi connectivity index (χ1v) is 6.64. The number of benzene rings is 1. The number of carbonyl (C=O) groups is 1. The molecule has 0 saturated carbocycles. The van der Waals surface area contributed by atoms with E-state index < -0.39 is 9.05 Å². The maximum absolute atomic E-state index is 11.0. The molecule has 0 spiro atoms. The average Bonchev–Trinajstić information content (AvgIpc) is 2.15. The van der Waals surface area contributed by atoms with E-state index in [9.17, 15) is 13.2 Å². The monoisotopic (exact) mass is 307 g/mol. The maximum Gasteiger partial charge on any atom is 0.261 e. The summed E-state index contributed by atoms with van der Waals surface area (Å²) in [7, 11) is 1.20. The first-order valence-electron chi connectivity index (χ1n) is 3.53. The first-order chi connectivity index (χ1) is 6.90. The highest BCUT2D eigenvalue weighted by atomic mass is 79.9. The van der Waals surface area contributed by atoms with Gasteiger partial charge in [0.15, 0.2) is 6.29 Å². The normalized spacial score (nSPS) is 10.7. The van der Waals surface area contributed by atoms with E-state index in [1.807, 2.05) is 0 Å². The van der Waals surface area contributed by atoms with Crippen LogP contribution in [0.1, 0.15) is 15.9 Å². The zero-order valence-electron chi connectivity index (χ0n) is 7.07. The minimum atomic E-state index is -3.91. The molecular weight excluding hydrogens is 306 g/mol. The van der Waals surface area contributed by atoms with Crippen LogP contribution in [0.5, 0.6) is 0 Å². The molecule has 7 heteroatoms. The maximum atomic E-state index is 11.0. The van der Waals surface area contributed by atoms with Crippen molar-refractivity contribution in [3.05, 3.63) is 27.7 Å². The number of carbonyl (C=O) groups excluding carboxylic acids is 1. The number of hydrogen-bond acceptors (Lipinski definition) is 4. The van der Waals surface area contributed by atoms with Crippen molar-refractivity contribution in [3.8, 4) is 6.07 Å². The third-order valence-corrected chi connectivity index (χ3v) is 3.61. The van der Waals surface area contributed by atoms with Gasteiger partial charge in [0.05, 0.1) is 16.5 Å². The Hall–Kier alpha value is -0.900. The molecule has 0 atom stereocenters. The molecule has 15 heavy (non-hydrogen) atoms. The minimum Gasteiger partial charge on any atom is -0.298 e. The van der Waals surface area contributed by atoms with Crippen molar-refractivity contribution in [3.63, 3.8) is 0 Å². The summed E-state index contributed by atoms with van der Waals surface area (Å²) in [6.07, 6.45) is 0.466. The number of aldehydes is 1. The van der Waals surface area contributed by atoms with E-state index in [1.165, 1.54) is 6.07 Å². The Kier molecular flexibility index (Phi) is 3.50. The van der Waals surface area contributed by atoms with Gasteiger partial charge in [0, 0.05) is 20.7 Å². The molecule has 1 aromatic carbocycles. The van der Waals surface area contributed by atoms with Crippen LogP contribution in [0.25, 0.3) is 0 Å². The van der Waals surface area contributed by atoms with E-state index in [1.54, 1.807) is 6.07 Å². The molecule has 0 aliphatic rings. The molecule has 0 bridgehead atoms. The molecule has 4 nitrogen and oxygen atoms in total. The van der Waals surface area contributed by atoms with Gasteiger partial charge in [-0.3, -0.25) is 4.79 Å². The van der Waals surface area contributed by atoms with E-state index in [0.29, 0.717) is 6.29 Å². The quantitative estimate of drug-likeness (QED) is 0.619. The van der Waals surface area contributed by atoms with Crippen LogP contribution in [0, 0.1) is 11.3 Å². The predicted molar refractivity (Wildman–Crippen MR) is 57.3 cm³/mol. The van der Waals surface area contributed by atoms with Gasteiger partial charge < -0.3 is 0 Å². The highest BCUT2D eigenvalue weighted by Gasteiger charge is 2.15. The van der Waals surface area contributed by atoms with Crippen molar-refractivity contribution in [1.29, 1.82) is 5.26 Å². The zero-order chi connectivity index (χ0) is 11.6. The van der Waals surface area contributed by atoms with Crippen LogP contribution in [0.15, 0.2) is 21.5 Å². The van der Waals surface area contributed by atoms with E-state index in [0.717, 1.165) is 6.07 Å². The highest BCUT2D eigenvalue weighted by Crippen LogP contribution is 2.25. The molecule has 0 aromatic heterocycles. The SMILES string of the molecule is N#Cc1cc(S(=O)(=O)Cl)cc(Br)c1C=O. The molecule has 0 N–H and O–H groups in total. The number of nitriles is 1. The molecule has 0 aliphatic heterocycles. The molecule has 78 valence electrons. The minimum absolute atomic E-state index is 0.0430. The van der Waals surface area contributed by atoms with Gasteiger partial charge in [0.25, 0.3) is 9.05 Å². The number of rotatable bonds is 2. The van der Waals surface area contributed by atoms with Crippen LogP contribution in [0.3, 0.4) is 0 Å². The Balaban J connectivity index is 3.62. The van der Waals surface area contributed by atoms with Crippen molar-refractivity contribution < 1.29 is 13.2 Å². The molecule has 0 radical (unpaired) electrons. The number of nitrogens with zero attached hydrogens (tertiary/aromatic N) is 1. The van der Waals surface area contributed by atoms with Crippen molar-refractivity contribution in [1.82, 2.24) is 0 Å². The molecule has 0 heterocycles. The summed E-state index contributed by atoms with van der Waals surface area (Å²) in [6, 6.07) is 3.94. The fourth-order valence-electron chi connectivity index (χ4n) is 0.946. The number of hydrogen-bond donors (Lipinski definition) is 0. The highest BCUT2D eigenvalue weighted by molar-refractivity contribution is 9.10. The molecule has 0 fully saturated rings. The summed E-state index contributed by atoms with van der Waals surface area (Å²) in [5.41, 5.74) is 0.0557. The van der Waals surface area contributed by atoms with Crippen molar-refractivity contribution in [2.45, 2.75) is 4.90 Å². The van der Waals surface area contributed by atoms with E-state index in [-0.39, 0.29) is 20.5 Å². The van der Waals surface area contributed by atoms with Crippen LogP contribution < -0.4 is 0 Å². The van der Waals surface area contributed by atoms with Crippen LogP contribution in [0.2, 0.25) is 0 Å². The van der Waals surface area contributed by atoms with Gasteiger partial charge in [-0.2, -0.15) is 5.26 Å². The molecule has 0 saturated heterocycles. The zero-order valence-corrected chi connectivity index (χ0v) is 10.2. The van der Waals surface area contributed by atoms with E-state index in [4.69, 9.17) is 15.9 Å². The Morgan fingerprint density at radius 1 is 1.47 bits per heavy atom. The second kappa shape index (κ2) is 4.31. The van der Waals surface area contributed by atoms with Gasteiger partial charge in [-0.25, -0.2) is 8.42 Å². The Morgan fingerprint density at radius 3 is 2.47 bits per heavy atom. The van der Waals surface area contributed by atoms with Gasteiger partial charge in [0.1, 0.15) is 0 Å². The summed E-state index contributed by atoms with van der Waals surface area (Å²) in [4.78, 5) is 10.4. The molecule has 0 aliphatic carbocycles. The standard InChI is InChI=1S/C8H3BrClNO3S/c9-8-2-6(15(10,13)14)1-5(3-11)7(8)4-12/h1-2,4H. The first kappa shape index (κ1) is 12.2. The van der Waals surface area contributed by atoms with Crippen LogP contribution in [0.4, 0.5) is 0 Å². The largest absolute Gasteiger partial charge is 0.298 e. The van der Waals surface area contributed by atoms with Gasteiger partial charge in [-0.15, -0.1) is 0 Å². The van der Waals surface area contributed by atoms with Crippen molar-refractivity contribution in [2.24, 2.45) is 0 Å². The van der Waals surface area contributed by atoms with Gasteiger partial charge in [-0.1, -0.05) is 0 Å². The smallest absolute Gasteiger partial charge is 0.261 e. The fraction of sp³-hybridized carbons (Fsp3) is 0. The van der Waals surface area contributed by atoms with Gasteiger partial charge in [0.2, 0.25) is 0 Å². The second-order valence-electron chi connectivity index (χ2n) is 2.53. The lowest BCUT2D eigenvalue weighted by Gasteiger charge is -2.02. The Labute approximate surface area is 99.0 Å².